The fourth-order valence-electron chi connectivity index (χ4n) is 1.34. The third kappa shape index (κ3) is 1.90. The molecule has 0 aliphatic heterocycles. The molecule has 2 aromatic rings. The van der Waals surface area contributed by atoms with Crippen LogP contribution in [0.3, 0.4) is 0 Å². The molecular weight excluding hydrogens is 174 g/mol. The molecule has 2 heterocycles. The van der Waals surface area contributed by atoms with Crippen LogP contribution in [0, 0.1) is 6.92 Å². The van der Waals surface area contributed by atoms with Gasteiger partial charge in [0, 0.05) is 18.5 Å². The second-order valence-electron chi connectivity index (χ2n) is 2.86. The molecule has 0 amide bonds. The zero-order valence-corrected chi connectivity index (χ0v) is 9.24. The first kappa shape index (κ1) is 10.6. The molecule has 2 rings (SSSR count). The SMILES string of the molecule is CC.COc1ccn2ccc(C)c2c1. The zero-order chi connectivity index (χ0) is 10.6. The van der Waals surface area contributed by atoms with Gasteiger partial charge in [0.1, 0.15) is 5.75 Å². The Morgan fingerprint density at radius 2 is 1.79 bits per heavy atom. The van der Waals surface area contributed by atoms with E-state index in [0.717, 1.165) is 5.75 Å². The van der Waals surface area contributed by atoms with E-state index in [2.05, 4.69) is 17.4 Å². The second kappa shape index (κ2) is 4.70. The van der Waals surface area contributed by atoms with E-state index in [1.165, 1.54) is 11.1 Å². The lowest BCUT2D eigenvalue weighted by atomic mass is 10.3. The number of nitrogens with zero attached hydrogens (tertiary/aromatic N) is 1. The Hall–Kier alpha value is -1.44. The number of rotatable bonds is 1. The predicted molar refractivity (Wildman–Crippen MR) is 60.0 cm³/mol. The summed E-state index contributed by atoms with van der Waals surface area (Å²) in [7, 11) is 1.68. The summed E-state index contributed by atoms with van der Waals surface area (Å²) in [5.74, 6) is 0.907. The molecule has 2 nitrogen and oxygen atoms in total. The molecule has 0 N–H and O–H groups in total. The molecule has 0 bridgehead atoms. The van der Waals surface area contributed by atoms with Gasteiger partial charge in [-0.15, -0.1) is 0 Å². The van der Waals surface area contributed by atoms with Crippen LogP contribution >= 0.6 is 0 Å². The van der Waals surface area contributed by atoms with Crippen molar-refractivity contribution in [1.82, 2.24) is 4.40 Å². The highest BCUT2D eigenvalue weighted by Gasteiger charge is 1.98. The van der Waals surface area contributed by atoms with E-state index in [1.54, 1.807) is 7.11 Å². The fraction of sp³-hybridized carbons (Fsp3) is 0.333. The Morgan fingerprint density at radius 1 is 1.14 bits per heavy atom. The first-order valence-electron chi connectivity index (χ1n) is 4.92. The number of hydrogen-bond acceptors (Lipinski definition) is 1. The lowest BCUT2D eigenvalue weighted by molar-refractivity contribution is 0.414. The van der Waals surface area contributed by atoms with Crippen molar-refractivity contribution in [3.05, 3.63) is 36.2 Å². The molecule has 0 saturated carbocycles. The summed E-state index contributed by atoms with van der Waals surface area (Å²) in [5.41, 5.74) is 2.48. The minimum Gasteiger partial charge on any atom is -0.497 e. The van der Waals surface area contributed by atoms with Crippen molar-refractivity contribution in [2.75, 3.05) is 7.11 Å². The largest absolute Gasteiger partial charge is 0.497 e. The third-order valence-corrected chi connectivity index (χ3v) is 2.08. The Bertz CT molecular complexity index is 404. The number of aryl methyl sites for hydroxylation is 1. The lowest BCUT2D eigenvalue weighted by Crippen LogP contribution is -1.86. The van der Waals surface area contributed by atoms with Gasteiger partial charge in [-0.25, -0.2) is 0 Å². The van der Waals surface area contributed by atoms with Gasteiger partial charge in [0.25, 0.3) is 0 Å². The summed E-state index contributed by atoms with van der Waals surface area (Å²) in [6.45, 7) is 6.09. The van der Waals surface area contributed by atoms with Crippen molar-refractivity contribution < 1.29 is 4.74 Å². The van der Waals surface area contributed by atoms with Crippen molar-refractivity contribution in [2.45, 2.75) is 20.8 Å². The first-order chi connectivity index (χ1) is 6.81. The maximum Gasteiger partial charge on any atom is 0.122 e. The Morgan fingerprint density at radius 3 is 2.43 bits per heavy atom. The van der Waals surface area contributed by atoms with Crippen molar-refractivity contribution in [3.63, 3.8) is 0 Å². The van der Waals surface area contributed by atoms with E-state index < -0.39 is 0 Å². The number of aromatic nitrogens is 1. The summed E-state index contributed by atoms with van der Waals surface area (Å²) in [6.07, 6.45) is 4.05. The van der Waals surface area contributed by atoms with E-state index in [0.29, 0.717) is 0 Å². The number of fused-ring (bicyclic) bond motifs is 1. The molecule has 14 heavy (non-hydrogen) atoms. The van der Waals surface area contributed by atoms with Crippen LogP contribution in [-0.2, 0) is 0 Å². The van der Waals surface area contributed by atoms with E-state index in [9.17, 15) is 0 Å². The maximum absolute atomic E-state index is 5.13. The summed E-state index contributed by atoms with van der Waals surface area (Å²) < 4.78 is 7.21. The Labute approximate surface area is 85.1 Å². The van der Waals surface area contributed by atoms with Crippen LogP contribution in [-0.4, -0.2) is 11.5 Å². The summed E-state index contributed by atoms with van der Waals surface area (Å²) in [5, 5.41) is 0. The van der Waals surface area contributed by atoms with Crippen LogP contribution in [0.5, 0.6) is 5.75 Å². The third-order valence-electron chi connectivity index (χ3n) is 2.08. The number of pyridine rings is 1. The summed E-state index contributed by atoms with van der Waals surface area (Å²) in [6, 6.07) is 6.08. The van der Waals surface area contributed by atoms with Gasteiger partial charge < -0.3 is 9.14 Å². The van der Waals surface area contributed by atoms with Gasteiger partial charge in [-0.3, -0.25) is 0 Å². The minimum atomic E-state index is 0.907. The molecule has 0 aliphatic rings. The average molecular weight is 191 g/mol. The Kier molecular flexibility index (Phi) is 3.57. The van der Waals surface area contributed by atoms with Crippen LogP contribution in [0.1, 0.15) is 19.4 Å². The molecule has 0 aliphatic carbocycles. The Balaban J connectivity index is 0.000000461. The zero-order valence-electron chi connectivity index (χ0n) is 9.24. The first-order valence-corrected chi connectivity index (χ1v) is 4.92. The monoisotopic (exact) mass is 191 g/mol. The van der Waals surface area contributed by atoms with Crippen LogP contribution < -0.4 is 4.74 Å². The van der Waals surface area contributed by atoms with Crippen molar-refractivity contribution in [1.29, 1.82) is 0 Å². The molecule has 0 saturated heterocycles. The van der Waals surface area contributed by atoms with E-state index in [4.69, 9.17) is 4.74 Å². The van der Waals surface area contributed by atoms with Crippen LogP contribution in [0.4, 0.5) is 0 Å². The van der Waals surface area contributed by atoms with E-state index in [-0.39, 0.29) is 0 Å². The van der Waals surface area contributed by atoms with E-state index >= 15 is 0 Å². The molecule has 0 radical (unpaired) electrons. The normalized spacial score (nSPS) is 9.43. The minimum absolute atomic E-state index is 0.907. The number of ether oxygens (including phenoxy) is 1. The molecule has 0 aromatic carbocycles. The van der Waals surface area contributed by atoms with Gasteiger partial charge in [-0.05, 0) is 24.6 Å². The topological polar surface area (TPSA) is 13.6 Å². The summed E-state index contributed by atoms with van der Waals surface area (Å²) in [4.78, 5) is 0. The number of methoxy groups -OCH3 is 1. The average Bonchev–Trinajstić information content (AvgIpc) is 2.63. The number of hydrogen-bond donors (Lipinski definition) is 0. The molecule has 2 heteroatoms. The molecular formula is C12H17NO. The smallest absolute Gasteiger partial charge is 0.122 e. The lowest BCUT2D eigenvalue weighted by Gasteiger charge is -2.00. The van der Waals surface area contributed by atoms with Gasteiger partial charge in [-0.2, -0.15) is 0 Å². The highest BCUT2D eigenvalue weighted by molar-refractivity contribution is 5.57. The second-order valence-corrected chi connectivity index (χ2v) is 2.86. The predicted octanol–water partition coefficient (Wildman–Crippen LogP) is 3.28. The van der Waals surface area contributed by atoms with Crippen LogP contribution in [0.25, 0.3) is 5.52 Å². The standard InChI is InChI=1S/C10H11NO.C2H6/c1-8-3-5-11-6-4-9(12-2)7-10(8)11;1-2/h3-7H,1-2H3;1-2H3. The highest BCUT2D eigenvalue weighted by Crippen LogP contribution is 2.17. The molecule has 0 spiro atoms. The van der Waals surface area contributed by atoms with Gasteiger partial charge >= 0.3 is 0 Å². The maximum atomic E-state index is 5.13. The van der Waals surface area contributed by atoms with Gasteiger partial charge in [0.05, 0.1) is 12.6 Å². The molecule has 0 atom stereocenters. The van der Waals surface area contributed by atoms with Crippen LogP contribution in [0.15, 0.2) is 30.6 Å². The molecule has 0 fully saturated rings. The van der Waals surface area contributed by atoms with Crippen molar-refractivity contribution in [2.24, 2.45) is 0 Å². The van der Waals surface area contributed by atoms with Gasteiger partial charge in [-0.1, -0.05) is 13.8 Å². The fourth-order valence-corrected chi connectivity index (χ4v) is 1.34. The van der Waals surface area contributed by atoms with Gasteiger partial charge in [0.15, 0.2) is 0 Å². The highest BCUT2D eigenvalue weighted by atomic mass is 16.5. The van der Waals surface area contributed by atoms with Gasteiger partial charge in [0.2, 0.25) is 0 Å². The molecule has 2 aromatic heterocycles. The quantitative estimate of drug-likeness (QED) is 0.674. The van der Waals surface area contributed by atoms with Crippen molar-refractivity contribution in [3.8, 4) is 5.75 Å². The van der Waals surface area contributed by atoms with Crippen LogP contribution in [0.2, 0.25) is 0 Å². The van der Waals surface area contributed by atoms with E-state index in [1.807, 2.05) is 38.4 Å². The summed E-state index contributed by atoms with van der Waals surface area (Å²) >= 11 is 0. The molecule has 76 valence electrons. The van der Waals surface area contributed by atoms with Crippen molar-refractivity contribution >= 4 is 5.52 Å². The molecule has 0 unspecified atom stereocenters.